The highest BCUT2D eigenvalue weighted by Crippen LogP contribution is 2.64. The summed E-state index contributed by atoms with van der Waals surface area (Å²) in [6.07, 6.45) is -6.50. The molecule has 1 fully saturated rings. The lowest BCUT2D eigenvalue weighted by Gasteiger charge is -2.46. The highest BCUT2D eigenvalue weighted by atomic mass is 31.2. The Hall–Kier alpha value is -1.05. The molecule has 0 aliphatic carbocycles. The van der Waals surface area contributed by atoms with Crippen LogP contribution in [0.2, 0.25) is 0 Å². The fraction of sp³-hybridized carbons (Fsp3) is 0.739. The van der Waals surface area contributed by atoms with E-state index in [2.05, 4.69) is 0 Å². The molecule has 0 saturated carbocycles. The number of halogens is 2. The van der Waals surface area contributed by atoms with Gasteiger partial charge in [-0.3, -0.25) is 4.57 Å². The van der Waals surface area contributed by atoms with Crippen molar-refractivity contribution < 1.29 is 55.6 Å². The van der Waals surface area contributed by atoms with Gasteiger partial charge in [-0.15, -0.1) is 0 Å². The lowest BCUT2D eigenvalue weighted by Crippen LogP contribution is -2.61. The highest BCUT2D eigenvalue weighted by molar-refractivity contribution is 7.55. The van der Waals surface area contributed by atoms with Gasteiger partial charge in [-0.05, 0) is 19.4 Å². The van der Waals surface area contributed by atoms with Crippen LogP contribution in [-0.2, 0) is 53.4 Å². The lowest BCUT2D eigenvalue weighted by atomic mass is 9.96. The number of ether oxygens (including phenoxy) is 7. The molecule has 36 heavy (non-hydrogen) atoms. The molecule has 0 N–H and O–H groups in total. The second kappa shape index (κ2) is 15.4. The van der Waals surface area contributed by atoms with Crippen molar-refractivity contribution in [2.24, 2.45) is 0 Å². The number of hydrogen-bond acceptors (Lipinski definition) is 10. The number of alkyl halides is 2. The average Bonchev–Trinajstić information content (AvgIpc) is 2.86. The van der Waals surface area contributed by atoms with Crippen molar-refractivity contribution >= 4 is 7.60 Å². The second-order valence-corrected chi connectivity index (χ2v) is 9.98. The van der Waals surface area contributed by atoms with Crippen LogP contribution in [0.25, 0.3) is 0 Å². The summed E-state index contributed by atoms with van der Waals surface area (Å²) in [6, 6.07) is 9.15. The van der Waals surface area contributed by atoms with E-state index in [-0.39, 0.29) is 33.4 Å². The minimum absolute atomic E-state index is 0.0625. The van der Waals surface area contributed by atoms with Gasteiger partial charge in [0.15, 0.2) is 6.29 Å². The Morgan fingerprint density at radius 3 is 2.00 bits per heavy atom. The van der Waals surface area contributed by atoms with E-state index < -0.39 is 50.4 Å². The van der Waals surface area contributed by atoms with Crippen LogP contribution in [0.5, 0.6) is 0 Å². The smallest absolute Gasteiger partial charge is 0.368 e. The van der Waals surface area contributed by atoms with Crippen molar-refractivity contribution in [2.75, 3.05) is 48.1 Å². The first-order chi connectivity index (χ1) is 17.3. The van der Waals surface area contributed by atoms with E-state index in [1.807, 2.05) is 30.3 Å². The highest BCUT2D eigenvalue weighted by Gasteiger charge is 2.58. The fourth-order valence-corrected chi connectivity index (χ4v) is 5.32. The summed E-state index contributed by atoms with van der Waals surface area (Å²) in [4.78, 5) is 0. The van der Waals surface area contributed by atoms with Gasteiger partial charge in [0.1, 0.15) is 31.9 Å². The third-order valence-corrected chi connectivity index (χ3v) is 7.49. The molecular weight excluding hydrogens is 505 g/mol. The van der Waals surface area contributed by atoms with Crippen molar-refractivity contribution in [2.45, 2.75) is 63.2 Å². The lowest BCUT2D eigenvalue weighted by molar-refractivity contribution is -0.333. The molecule has 208 valence electrons. The predicted molar refractivity (Wildman–Crippen MR) is 125 cm³/mol. The van der Waals surface area contributed by atoms with Crippen LogP contribution in [-0.4, -0.2) is 84.5 Å². The maximum absolute atomic E-state index is 15.5. The zero-order chi connectivity index (χ0) is 26.6. The largest absolute Gasteiger partial charge is 0.399 e. The van der Waals surface area contributed by atoms with Gasteiger partial charge in [0.05, 0.1) is 32.3 Å². The molecule has 0 radical (unpaired) electrons. The Bertz CT molecular complexity index is 777. The van der Waals surface area contributed by atoms with Gasteiger partial charge < -0.3 is 42.2 Å². The minimum Gasteiger partial charge on any atom is -0.368 e. The quantitative estimate of drug-likeness (QED) is 0.211. The predicted octanol–water partition coefficient (Wildman–Crippen LogP) is 4.17. The Morgan fingerprint density at radius 2 is 1.47 bits per heavy atom. The van der Waals surface area contributed by atoms with Crippen molar-refractivity contribution in [1.29, 1.82) is 0 Å². The van der Waals surface area contributed by atoms with Crippen molar-refractivity contribution in [3.63, 3.8) is 0 Å². The fourth-order valence-electron chi connectivity index (χ4n) is 3.78. The van der Waals surface area contributed by atoms with Gasteiger partial charge in [0, 0.05) is 21.3 Å². The van der Waals surface area contributed by atoms with E-state index in [1.54, 1.807) is 0 Å². The van der Waals surface area contributed by atoms with E-state index in [4.69, 9.17) is 42.2 Å². The standard InChI is InChI=1S/C23H37F2O10P/c1-6-33-36(26,34-7-2)23(24,25)13-18-19(30-14-17-11-9-8-10-12-17)20(31-15-27-3)21(32-16-28-4)22(29-5)35-18/h8-12,18-22H,6-7,13-16H2,1-5H3/t18-,19-,20+,21-,22+/m1/s1. The SMILES string of the molecule is CCOP(=O)(OCC)C(F)(F)C[C@H]1O[C@H](OC)[C@H](OCOC)[C@@H](OCOC)[C@@H]1OCc1ccccc1. The Labute approximate surface area is 210 Å². The summed E-state index contributed by atoms with van der Waals surface area (Å²) in [5.41, 5.74) is -3.10. The van der Waals surface area contributed by atoms with E-state index in [0.29, 0.717) is 0 Å². The van der Waals surface area contributed by atoms with Gasteiger partial charge in [-0.1, -0.05) is 30.3 Å². The van der Waals surface area contributed by atoms with Crippen molar-refractivity contribution in [3.05, 3.63) is 35.9 Å². The monoisotopic (exact) mass is 542 g/mol. The summed E-state index contributed by atoms with van der Waals surface area (Å²) < 4.78 is 92.8. The molecular formula is C23H37F2O10P. The first kappa shape index (κ1) is 31.2. The summed E-state index contributed by atoms with van der Waals surface area (Å²) in [6.45, 7) is 2.21. The van der Waals surface area contributed by atoms with E-state index in [9.17, 15) is 4.57 Å². The molecule has 5 atom stereocenters. The third kappa shape index (κ3) is 8.22. The summed E-state index contributed by atoms with van der Waals surface area (Å²) in [7, 11) is -0.627. The molecule has 0 aromatic heterocycles. The van der Waals surface area contributed by atoms with E-state index in [0.717, 1.165) is 5.56 Å². The number of methoxy groups -OCH3 is 3. The first-order valence-electron chi connectivity index (χ1n) is 11.6. The normalized spacial score (nSPS) is 25.2. The zero-order valence-electron chi connectivity index (χ0n) is 21.3. The van der Waals surface area contributed by atoms with Crippen LogP contribution in [0.3, 0.4) is 0 Å². The topological polar surface area (TPSA) is 100 Å². The average molecular weight is 543 g/mol. The molecule has 0 spiro atoms. The molecule has 0 amide bonds. The van der Waals surface area contributed by atoms with Crippen LogP contribution in [0.4, 0.5) is 8.78 Å². The Morgan fingerprint density at radius 1 is 0.889 bits per heavy atom. The van der Waals surface area contributed by atoms with Gasteiger partial charge in [0.25, 0.3) is 0 Å². The minimum atomic E-state index is -4.82. The Kier molecular flexibility index (Phi) is 13.3. The summed E-state index contributed by atoms with van der Waals surface area (Å²) in [5, 5.41) is 0. The van der Waals surface area contributed by atoms with Crippen molar-refractivity contribution in [1.82, 2.24) is 0 Å². The van der Waals surface area contributed by atoms with Crippen molar-refractivity contribution in [3.8, 4) is 0 Å². The van der Waals surface area contributed by atoms with Crippen LogP contribution in [0.1, 0.15) is 25.8 Å². The molecule has 1 aromatic rings. The molecule has 1 aliphatic rings. The first-order valence-corrected chi connectivity index (χ1v) is 13.1. The van der Waals surface area contributed by atoms with Crippen LogP contribution in [0, 0.1) is 0 Å². The van der Waals surface area contributed by atoms with Gasteiger partial charge in [0.2, 0.25) is 0 Å². The third-order valence-electron chi connectivity index (χ3n) is 5.31. The van der Waals surface area contributed by atoms with Crippen LogP contribution >= 0.6 is 7.60 Å². The summed E-state index contributed by atoms with van der Waals surface area (Å²) >= 11 is 0. The van der Waals surface area contributed by atoms with Gasteiger partial charge in [-0.25, -0.2) is 0 Å². The zero-order valence-corrected chi connectivity index (χ0v) is 22.2. The van der Waals surface area contributed by atoms with Crippen LogP contribution < -0.4 is 0 Å². The molecule has 13 heteroatoms. The molecule has 2 rings (SSSR count). The Balaban J connectivity index is 2.42. The number of hydrogen-bond donors (Lipinski definition) is 0. The molecule has 1 aromatic carbocycles. The molecule has 1 heterocycles. The van der Waals surface area contributed by atoms with Gasteiger partial charge >= 0.3 is 13.3 Å². The summed E-state index contributed by atoms with van der Waals surface area (Å²) in [5.74, 6) is 0. The van der Waals surface area contributed by atoms with E-state index >= 15 is 8.78 Å². The van der Waals surface area contributed by atoms with Crippen LogP contribution in [0.15, 0.2) is 30.3 Å². The number of rotatable bonds is 17. The van der Waals surface area contributed by atoms with E-state index in [1.165, 1.54) is 35.2 Å². The molecule has 1 aliphatic heterocycles. The maximum Gasteiger partial charge on any atom is 0.399 e. The molecule has 10 nitrogen and oxygen atoms in total. The second-order valence-electron chi connectivity index (χ2n) is 7.82. The molecule has 1 saturated heterocycles. The molecule has 0 bridgehead atoms. The molecule has 0 unspecified atom stereocenters. The maximum atomic E-state index is 15.5. The van der Waals surface area contributed by atoms with Gasteiger partial charge in [-0.2, -0.15) is 8.78 Å². The number of benzene rings is 1.